The molecule has 0 unspecified atom stereocenters. The summed E-state index contributed by atoms with van der Waals surface area (Å²) in [5.74, 6) is 0. The predicted octanol–water partition coefficient (Wildman–Crippen LogP) is 3.02. The Labute approximate surface area is 96.0 Å². The molecule has 0 aliphatic rings. The van der Waals surface area contributed by atoms with Crippen molar-refractivity contribution in [3.63, 3.8) is 0 Å². The van der Waals surface area contributed by atoms with Crippen LogP contribution in [0.5, 0.6) is 0 Å². The Hall–Kier alpha value is -0.0800. The molecule has 0 rings (SSSR count). The van der Waals surface area contributed by atoms with Crippen LogP contribution in [0.15, 0.2) is 0 Å². The number of ether oxygens (including phenoxy) is 1. The van der Waals surface area contributed by atoms with Gasteiger partial charge in [0.15, 0.2) is 0 Å². The predicted molar refractivity (Wildman–Crippen MR) is 67.2 cm³/mol. The lowest BCUT2D eigenvalue weighted by Crippen LogP contribution is -2.53. The van der Waals surface area contributed by atoms with Crippen LogP contribution in [-0.2, 0) is 4.74 Å². The molecule has 2 atom stereocenters. The third kappa shape index (κ3) is 4.12. The third-order valence-electron chi connectivity index (χ3n) is 2.84. The summed E-state index contributed by atoms with van der Waals surface area (Å²) in [6.07, 6.45) is 0.243. The van der Waals surface area contributed by atoms with Crippen LogP contribution in [0.4, 0.5) is 0 Å². The zero-order chi connectivity index (χ0) is 12.4. The molecule has 0 fully saturated rings. The van der Waals surface area contributed by atoms with Crippen LogP contribution in [-0.4, -0.2) is 38.3 Å². The van der Waals surface area contributed by atoms with E-state index in [1.54, 1.807) is 0 Å². The maximum Gasteiger partial charge on any atom is 0.0779 e. The minimum Gasteiger partial charge on any atom is -0.379 e. The smallest absolute Gasteiger partial charge is 0.0779 e. The SMILES string of the molecule is CO[C@@H]([C@H](N(C)C)C(C)(C)C)C(C)(C)C. The van der Waals surface area contributed by atoms with E-state index in [2.05, 4.69) is 60.5 Å². The van der Waals surface area contributed by atoms with Gasteiger partial charge in [0.25, 0.3) is 0 Å². The average molecular weight is 215 g/mol. The normalized spacial score (nSPS) is 18.0. The highest BCUT2D eigenvalue weighted by Gasteiger charge is 2.40. The molecule has 92 valence electrons. The van der Waals surface area contributed by atoms with E-state index < -0.39 is 0 Å². The van der Waals surface area contributed by atoms with E-state index in [4.69, 9.17) is 4.74 Å². The Kier molecular flexibility index (Phi) is 4.81. The quantitative estimate of drug-likeness (QED) is 0.717. The van der Waals surface area contributed by atoms with Crippen molar-refractivity contribution in [1.29, 1.82) is 0 Å². The Morgan fingerprint density at radius 2 is 1.27 bits per heavy atom. The summed E-state index contributed by atoms with van der Waals surface area (Å²) in [4.78, 5) is 2.28. The van der Waals surface area contributed by atoms with Crippen molar-refractivity contribution in [3.8, 4) is 0 Å². The van der Waals surface area contributed by atoms with Gasteiger partial charge in [-0.25, -0.2) is 0 Å². The first-order valence-electron chi connectivity index (χ1n) is 5.71. The fourth-order valence-electron chi connectivity index (χ4n) is 2.46. The Morgan fingerprint density at radius 3 is 1.33 bits per heavy atom. The maximum atomic E-state index is 5.72. The van der Waals surface area contributed by atoms with Crippen molar-refractivity contribution in [1.82, 2.24) is 4.90 Å². The largest absolute Gasteiger partial charge is 0.379 e. The lowest BCUT2D eigenvalue weighted by atomic mass is 9.74. The Morgan fingerprint density at radius 1 is 0.867 bits per heavy atom. The first-order chi connectivity index (χ1) is 6.51. The van der Waals surface area contributed by atoms with Gasteiger partial charge in [-0.15, -0.1) is 0 Å². The molecule has 0 amide bonds. The molecule has 0 saturated heterocycles. The van der Waals surface area contributed by atoms with Crippen molar-refractivity contribution in [2.45, 2.75) is 53.7 Å². The molecule has 0 aromatic carbocycles. The van der Waals surface area contributed by atoms with Crippen molar-refractivity contribution in [2.24, 2.45) is 10.8 Å². The summed E-state index contributed by atoms with van der Waals surface area (Å²) in [5.41, 5.74) is 0.383. The van der Waals surface area contributed by atoms with Crippen LogP contribution >= 0.6 is 0 Å². The highest BCUT2D eigenvalue weighted by Crippen LogP contribution is 2.35. The highest BCUT2D eigenvalue weighted by molar-refractivity contribution is 4.93. The van der Waals surface area contributed by atoms with Gasteiger partial charge < -0.3 is 9.64 Å². The summed E-state index contributed by atoms with van der Waals surface area (Å²) in [7, 11) is 6.08. The summed E-state index contributed by atoms with van der Waals surface area (Å²) in [5, 5.41) is 0. The van der Waals surface area contributed by atoms with Gasteiger partial charge in [-0.2, -0.15) is 0 Å². The summed E-state index contributed by atoms with van der Waals surface area (Å²) < 4.78 is 5.72. The van der Waals surface area contributed by atoms with Crippen LogP contribution in [0.2, 0.25) is 0 Å². The van der Waals surface area contributed by atoms with E-state index in [1.807, 2.05) is 7.11 Å². The van der Waals surface area contributed by atoms with Crippen LogP contribution in [0.25, 0.3) is 0 Å². The molecule has 0 aliphatic heterocycles. The molecule has 2 heteroatoms. The molecule has 0 aromatic rings. The van der Waals surface area contributed by atoms with E-state index in [-0.39, 0.29) is 16.9 Å². The third-order valence-corrected chi connectivity index (χ3v) is 2.84. The molecule has 0 saturated carbocycles. The lowest BCUT2D eigenvalue weighted by molar-refractivity contribution is -0.0717. The van der Waals surface area contributed by atoms with Gasteiger partial charge in [0.1, 0.15) is 0 Å². The Bertz CT molecular complexity index is 186. The van der Waals surface area contributed by atoms with Crippen LogP contribution < -0.4 is 0 Å². The van der Waals surface area contributed by atoms with Crippen molar-refractivity contribution in [3.05, 3.63) is 0 Å². The van der Waals surface area contributed by atoms with E-state index in [0.29, 0.717) is 6.04 Å². The zero-order valence-electron chi connectivity index (χ0n) is 12.0. The van der Waals surface area contributed by atoms with Gasteiger partial charge in [0, 0.05) is 13.2 Å². The van der Waals surface area contributed by atoms with Gasteiger partial charge in [0.2, 0.25) is 0 Å². The van der Waals surface area contributed by atoms with Crippen molar-refractivity contribution in [2.75, 3.05) is 21.2 Å². The first kappa shape index (κ1) is 14.9. The number of nitrogens with zero attached hydrogens (tertiary/aromatic N) is 1. The van der Waals surface area contributed by atoms with E-state index in [9.17, 15) is 0 Å². The summed E-state index contributed by atoms with van der Waals surface area (Å²) in [6, 6.07) is 0.419. The van der Waals surface area contributed by atoms with E-state index >= 15 is 0 Å². The van der Waals surface area contributed by atoms with Crippen LogP contribution in [0, 0.1) is 10.8 Å². The minimum absolute atomic E-state index is 0.164. The molecule has 0 bridgehead atoms. The molecule has 15 heavy (non-hydrogen) atoms. The van der Waals surface area contributed by atoms with Crippen LogP contribution in [0.1, 0.15) is 41.5 Å². The molecule has 0 heterocycles. The zero-order valence-corrected chi connectivity index (χ0v) is 12.0. The highest BCUT2D eigenvalue weighted by atomic mass is 16.5. The van der Waals surface area contributed by atoms with Gasteiger partial charge in [-0.1, -0.05) is 41.5 Å². The number of hydrogen-bond donors (Lipinski definition) is 0. The van der Waals surface area contributed by atoms with E-state index in [0.717, 1.165) is 0 Å². The summed E-state index contributed by atoms with van der Waals surface area (Å²) in [6.45, 7) is 13.5. The van der Waals surface area contributed by atoms with Crippen molar-refractivity contribution >= 4 is 0 Å². The first-order valence-corrected chi connectivity index (χ1v) is 5.71. The molecule has 0 spiro atoms. The molecule has 0 N–H and O–H groups in total. The maximum absolute atomic E-state index is 5.72. The topological polar surface area (TPSA) is 12.5 Å². The fraction of sp³-hybridized carbons (Fsp3) is 1.00. The van der Waals surface area contributed by atoms with Gasteiger partial charge in [-0.3, -0.25) is 0 Å². The second kappa shape index (κ2) is 4.84. The van der Waals surface area contributed by atoms with Crippen molar-refractivity contribution < 1.29 is 4.74 Å². The summed E-state index contributed by atoms with van der Waals surface area (Å²) >= 11 is 0. The Balaban J connectivity index is 5.06. The van der Waals surface area contributed by atoms with Gasteiger partial charge >= 0.3 is 0 Å². The fourth-order valence-corrected chi connectivity index (χ4v) is 2.46. The van der Waals surface area contributed by atoms with Gasteiger partial charge in [0.05, 0.1) is 6.10 Å². The molecular formula is C13H29NO. The van der Waals surface area contributed by atoms with Crippen LogP contribution in [0.3, 0.4) is 0 Å². The lowest BCUT2D eigenvalue weighted by Gasteiger charge is -2.46. The molecular weight excluding hydrogens is 186 g/mol. The monoisotopic (exact) mass is 215 g/mol. The minimum atomic E-state index is 0.164. The second-order valence-corrected chi connectivity index (χ2v) is 6.80. The number of rotatable bonds is 3. The molecule has 0 radical (unpaired) electrons. The number of likely N-dealkylation sites (N-methyl/N-ethyl adjacent to an activating group) is 1. The average Bonchev–Trinajstić information content (AvgIpc) is 1.93. The molecule has 2 nitrogen and oxygen atoms in total. The standard InChI is InChI=1S/C13H29NO/c1-12(2,3)10(14(7)8)11(15-9)13(4,5)6/h10-11H,1-9H3/t10-,11-/m0/s1. The van der Waals surface area contributed by atoms with Gasteiger partial charge in [-0.05, 0) is 24.9 Å². The molecule has 0 aromatic heterocycles. The second-order valence-electron chi connectivity index (χ2n) is 6.80. The number of hydrogen-bond acceptors (Lipinski definition) is 2. The number of methoxy groups -OCH3 is 1. The molecule has 0 aliphatic carbocycles. The van der Waals surface area contributed by atoms with E-state index in [1.165, 1.54) is 0 Å².